The predicted molar refractivity (Wildman–Crippen MR) is 114 cm³/mol. The van der Waals surface area contributed by atoms with Crippen molar-refractivity contribution in [3.63, 3.8) is 0 Å². The quantitative estimate of drug-likeness (QED) is 0.744. The monoisotopic (exact) mass is 416 g/mol. The normalized spacial score (nSPS) is 15.3. The molecule has 0 heterocycles. The van der Waals surface area contributed by atoms with E-state index in [0.29, 0.717) is 11.4 Å². The van der Waals surface area contributed by atoms with Gasteiger partial charge in [-0.1, -0.05) is 37.5 Å². The summed E-state index contributed by atoms with van der Waals surface area (Å²) in [6.45, 7) is 0. The van der Waals surface area contributed by atoms with Gasteiger partial charge in [0, 0.05) is 24.3 Å². The molecule has 6 nitrogen and oxygen atoms in total. The number of anilines is 1. The van der Waals surface area contributed by atoms with Gasteiger partial charge in [0.25, 0.3) is 0 Å². The molecule has 3 rings (SSSR count). The standard InChI is InChI=1S/C22H28N2O4S/c1-24(19-9-4-3-5-10-19)29(26,27)20-14-12-18(13-15-20)23-22(25)16-17-8-6-7-11-21(17)28-2/h6-8,11-15,19H,3-5,9-10,16H2,1-2H3,(H,23,25). The lowest BCUT2D eigenvalue weighted by Gasteiger charge is -2.30. The maximum absolute atomic E-state index is 12.9. The summed E-state index contributed by atoms with van der Waals surface area (Å²) in [5.41, 5.74) is 1.35. The van der Waals surface area contributed by atoms with Crippen LogP contribution in [0.5, 0.6) is 5.75 Å². The molecule has 29 heavy (non-hydrogen) atoms. The van der Waals surface area contributed by atoms with Crippen molar-refractivity contribution >= 4 is 21.6 Å². The van der Waals surface area contributed by atoms with E-state index in [-0.39, 0.29) is 23.3 Å². The Morgan fingerprint density at radius 1 is 1.07 bits per heavy atom. The van der Waals surface area contributed by atoms with Gasteiger partial charge < -0.3 is 10.1 Å². The summed E-state index contributed by atoms with van der Waals surface area (Å²) < 4.78 is 32.6. The molecule has 0 aliphatic heterocycles. The Kier molecular flexibility index (Phi) is 6.92. The minimum absolute atomic E-state index is 0.0639. The number of ether oxygens (including phenoxy) is 1. The molecule has 0 bridgehead atoms. The highest BCUT2D eigenvalue weighted by atomic mass is 32.2. The van der Waals surface area contributed by atoms with E-state index in [0.717, 1.165) is 31.2 Å². The molecular formula is C22H28N2O4S. The zero-order valence-electron chi connectivity index (χ0n) is 16.9. The molecule has 156 valence electrons. The second-order valence-electron chi connectivity index (χ2n) is 7.37. The van der Waals surface area contributed by atoms with Crippen molar-refractivity contribution in [1.29, 1.82) is 0 Å². The lowest BCUT2D eigenvalue weighted by Crippen LogP contribution is -2.38. The van der Waals surface area contributed by atoms with Crippen LogP contribution in [-0.2, 0) is 21.2 Å². The first kappa shape index (κ1) is 21.3. The van der Waals surface area contributed by atoms with Gasteiger partial charge in [-0.25, -0.2) is 8.42 Å². The van der Waals surface area contributed by atoms with Crippen LogP contribution in [0.15, 0.2) is 53.4 Å². The van der Waals surface area contributed by atoms with Crippen LogP contribution >= 0.6 is 0 Å². The molecule has 1 fully saturated rings. The van der Waals surface area contributed by atoms with E-state index in [1.54, 1.807) is 38.4 Å². The minimum Gasteiger partial charge on any atom is -0.496 e. The molecule has 1 aliphatic rings. The van der Waals surface area contributed by atoms with Crippen LogP contribution in [-0.4, -0.2) is 38.8 Å². The summed E-state index contributed by atoms with van der Waals surface area (Å²) in [6.07, 6.45) is 5.31. The summed E-state index contributed by atoms with van der Waals surface area (Å²) in [7, 11) is -0.307. The highest BCUT2D eigenvalue weighted by Crippen LogP contribution is 2.27. The summed E-state index contributed by atoms with van der Waals surface area (Å²) in [5, 5.41) is 2.81. The number of hydrogen-bond donors (Lipinski definition) is 1. The van der Waals surface area contributed by atoms with Gasteiger partial charge in [0.05, 0.1) is 18.4 Å². The van der Waals surface area contributed by atoms with Crippen molar-refractivity contribution in [2.45, 2.75) is 49.5 Å². The van der Waals surface area contributed by atoms with Crippen LogP contribution in [0.25, 0.3) is 0 Å². The van der Waals surface area contributed by atoms with Gasteiger partial charge >= 0.3 is 0 Å². The Hall–Kier alpha value is -2.38. The number of carbonyl (C=O) groups is 1. The average molecular weight is 417 g/mol. The lowest BCUT2D eigenvalue weighted by atomic mass is 9.96. The van der Waals surface area contributed by atoms with Gasteiger partial charge in [-0.3, -0.25) is 4.79 Å². The van der Waals surface area contributed by atoms with Crippen LogP contribution in [0.4, 0.5) is 5.69 Å². The molecule has 0 radical (unpaired) electrons. The minimum atomic E-state index is -3.54. The topological polar surface area (TPSA) is 75.7 Å². The molecule has 2 aromatic rings. The molecule has 1 N–H and O–H groups in total. The molecule has 1 amide bonds. The maximum atomic E-state index is 12.9. The second kappa shape index (κ2) is 9.41. The highest BCUT2D eigenvalue weighted by molar-refractivity contribution is 7.89. The molecule has 0 aromatic heterocycles. The number of nitrogens with one attached hydrogen (secondary N) is 1. The summed E-state index contributed by atoms with van der Waals surface area (Å²) in [4.78, 5) is 12.6. The van der Waals surface area contributed by atoms with Crippen LogP contribution in [0.2, 0.25) is 0 Å². The van der Waals surface area contributed by atoms with E-state index in [4.69, 9.17) is 4.74 Å². The molecule has 1 saturated carbocycles. The number of methoxy groups -OCH3 is 1. The van der Waals surface area contributed by atoms with Crippen LogP contribution in [0, 0.1) is 0 Å². The smallest absolute Gasteiger partial charge is 0.243 e. The van der Waals surface area contributed by atoms with E-state index >= 15 is 0 Å². The Balaban J connectivity index is 1.65. The van der Waals surface area contributed by atoms with Gasteiger partial charge in [-0.2, -0.15) is 4.31 Å². The van der Waals surface area contributed by atoms with Crippen molar-refractivity contribution in [3.8, 4) is 5.75 Å². The molecule has 0 spiro atoms. The number of hydrogen-bond acceptors (Lipinski definition) is 4. The van der Waals surface area contributed by atoms with E-state index in [1.165, 1.54) is 10.7 Å². The number of rotatable bonds is 7. The Labute approximate surface area is 172 Å². The van der Waals surface area contributed by atoms with Gasteiger partial charge in [0.1, 0.15) is 5.75 Å². The van der Waals surface area contributed by atoms with Gasteiger partial charge in [0.15, 0.2) is 0 Å². The molecule has 0 saturated heterocycles. The Bertz CT molecular complexity index is 936. The Morgan fingerprint density at radius 3 is 2.38 bits per heavy atom. The number of benzene rings is 2. The van der Waals surface area contributed by atoms with Gasteiger partial charge in [-0.05, 0) is 43.2 Å². The fourth-order valence-electron chi connectivity index (χ4n) is 3.74. The van der Waals surface area contributed by atoms with Crippen molar-refractivity contribution in [3.05, 3.63) is 54.1 Å². The fraction of sp³-hybridized carbons (Fsp3) is 0.409. The maximum Gasteiger partial charge on any atom is 0.243 e. The molecule has 2 aromatic carbocycles. The van der Waals surface area contributed by atoms with Crippen LogP contribution in [0.1, 0.15) is 37.7 Å². The summed E-state index contributed by atoms with van der Waals surface area (Å²) in [5.74, 6) is 0.472. The number of sulfonamides is 1. The molecule has 7 heteroatoms. The number of para-hydroxylation sites is 1. The van der Waals surface area contributed by atoms with E-state index in [2.05, 4.69) is 5.32 Å². The summed E-state index contributed by atoms with van der Waals surface area (Å²) >= 11 is 0. The van der Waals surface area contributed by atoms with E-state index in [1.807, 2.05) is 24.3 Å². The van der Waals surface area contributed by atoms with Crippen molar-refractivity contribution in [1.82, 2.24) is 4.31 Å². The molecule has 0 unspecified atom stereocenters. The second-order valence-corrected chi connectivity index (χ2v) is 9.37. The number of amides is 1. The van der Waals surface area contributed by atoms with E-state index in [9.17, 15) is 13.2 Å². The van der Waals surface area contributed by atoms with Gasteiger partial charge in [-0.15, -0.1) is 0 Å². The fourth-order valence-corrected chi connectivity index (χ4v) is 5.16. The lowest BCUT2D eigenvalue weighted by molar-refractivity contribution is -0.115. The Morgan fingerprint density at radius 2 is 1.72 bits per heavy atom. The molecule has 0 atom stereocenters. The van der Waals surface area contributed by atoms with Crippen molar-refractivity contribution < 1.29 is 17.9 Å². The van der Waals surface area contributed by atoms with E-state index < -0.39 is 10.0 Å². The number of nitrogens with zero attached hydrogens (tertiary/aromatic N) is 1. The van der Waals surface area contributed by atoms with Crippen LogP contribution < -0.4 is 10.1 Å². The molecular weight excluding hydrogens is 388 g/mol. The van der Waals surface area contributed by atoms with Crippen molar-refractivity contribution in [2.75, 3.05) is 19.5 Å². The van der Waals surface area contributed by atoms with Crippen molar-refractivity contribution in [2.24, 2.45) is 0 Å². The first-order chi connectivity index (χ1) is 13.9. The third kappa shape index (κ3) is 5.16. The first-order valence-corrected chi connectivity index (χ1v) is 11.4. The largest absolute Gasteiger partial charge is 0.496 e. The average Bonchev–Trinajstić information content (AvgIpc) is 2.74. The van der Waals surface area contributed by atoms with Crippen LogP contribution in [0.3, 0.4) is 0 Å². The third-order valence-electron chi connectivity index (χ3n) is 5.45. The third-order valence-corrected chi connectivity index (χ3v) is 7.37. The van der Waals surface area contributed by atoms with Gasteiger partial charge in [0.2, 0.25) is 15.9 Å². The zero-order valence-corrected chi connectivity index (χ0v) is 17.7. The summed E-state index contributed by atoms with van der Waals surface area (Å²) in [6, 6.07) is 13.8. The highest BCUT2D eigenvalue weighted by Gasteiger charge is 2.28. The first-order valence-electron chi connectivity index (χ1n) is 9.91. The SMILES string of the molecule is COc1ccccc1CC(=O)Nc1ccc(S(=O)(=O)N(C)C2CCCCC2)cc1. The predicted octanol–water partition coefficient (Wildman–Crippen LogP) is 3.83. The zero-order chi connectivity index (χ0) is 20.9. The number of carbonyl (C=O) groups excluding carboxylic acids is 1. The molecule has 1 aliphatic carbocycles.